The second kappa shape index (κ2) is 2.47. The number of pyridine rings is 1. The van der Waals surface area contributed by atoms with E-state index in [1.807, 2.05) is 12.3 Å². The van der Waals surface area contributed by atoms with Gasteiger partial charge in [0.05, 0.1) is 13.1 Å². The minimum atomic E-state index is 1.11. The van der Waals surface area contributed by atoms with Crippen LogP contribution >= 0.6 is 33.9 Å². The molecule has 0 saturated carbocycles. The van der Waals surface area contributed by atoms with Gasteiger partial charge in [0.15, 0.2) is 0 Å². The minimum Gasteiger partial charge on any atom is -0.255 e. The molecule has 2 aromatic heterocycles. The van der Waals surface area contributed by atoms with Crippen LogP contribution < -0.4 is 0 Å². The first-order valence-electron chi connectivity index (χ1n) is 2.86. The summed E-state index contributed by atoms with van der Waals surface area (Å²) in [5, 5.41) is 0. The van der Waals surface area contributed by atoms with Crippen molar-refractivity contribution in [2.45, 2.75) is 0 Å². The van der Waals surface area contributed by atoms with Crippen molar-refractivity contribution in [3.63, 3.8) is 0 Å². The Hall–Kier alpha value is -0.160. The zero-order chi connectivity index (χ0) is 6.97. The third-order valence-electron chi connectivity index (χ3n) is 1.26. The number of rotatable bonds is 0. The zero-order valence-corrected chi connectivity index (χ0v) is 8.02. The van der Waals surface area contributed by atoms with Gasteiger partial charge in [-0.25, -0.2) is 0 Å². The Morgan fingerprint density at radius 2 is 2.40 bits per heavy atom. The number of nitrogens with zero attached hydrogens (tertiary/aromatic N) is 1. The average Bonchev–Trinajstić information content (AvgIpc) is 2.27. The molecule has 10 heavy (non-hydrogen) atoms. The monoisotopic (exact) mass is 261 g/mol. The highest BCUT2D eigenvalue weighted by Gasteiger charge is 1.96. The lowest BCUT2D eigenvalue weighted by molar-refractivity contribution is 1.43. The lowest BCUT2D eigenvalue weighted by atomic mass is 10.4. The molecule has 3 heteroatoms. The number of aromatic nitrogens is 1. The van der Waals surface area contributed by atoms with Gasteiger partial charge in [-0.15, -0.1) is 11.3 Å². The maximum absolute atomic E-state index is 4.21. The van der Waals surface area contributed by atoms with Crippen molar-refractivity contribution in [1.82, 2.24) is 4.98 Å². The summed E-state index contributed by atoms with van der Waals surface area (Å²) in [7, 11) is 0. The summed E-state index contributed by atoms with van der Waals surface area (Å²) in [6.07, 6.45) is 1.82. The Bertz CT molecular complexity index is 322. The summed E-state index contributed by atoms with van der Waals surface area (Å²) in [5.41, 5.74) is 1.11. The van der Waals surface area contributed by atoms with E-state index in [-0.39, 0.29) is 0 Å². The van der Waals surface area contributed by atoms with E-state index in [0.29, 0.717) is 0 Å². The van der Waals surface area contributed by atoms with Crippen molar-refractivity contribution in [3.8, 4) is 0 Å². The first-order valence-corrected chi connectivity index (χ1v) is 4.76. The van der Waals surface area contributed by atoms with E-state index in [1.165, 1.54) is 7.58 Å². The Kier molecular flexibility index (Phi) is 1.61. The Balaban J connectivity index is 2.88. The molecule has 0 radical (unpaired) electrons. The smallest absolute Gasteiger partial charge is 0.0820 e. The van der Waals surface area contributed by atoms with Crippen LogP contribution in [0.5, 0.6) is 0 Å². The summed E-state index contributed by atoms with van der Waals surface area (Å²) in [4.78, 5) is 4.21. The Morgan fingerprint density at radius 3 is 3.20 bits per heavy atom. The van der Waals surface area contributed by atoms with Gasteiger partial charge in [-0.1, -0.05) is 0 Å². The first-order chi connectivity index (χ1) is 4.86. The molecule has 50 valence electrons. The largest absolute Gasteiger partial charge is 0.255 e. The first kappa shape index (κ1) is 6.54. The van der Waals surface area contributed by atoms with Gasteiger partial charge in [0.25, 0.3) is 0 Å². The van der Waals surface area contributed by atoms with Crippen molar-refractivity contribution in [3.05, 3.63) is 27.3 Å². The molecule has 2 rings (SSSR count). The van der Waals surface area contributed by atoms with Gasteiger partial charge in [0.1, 0.15) is 0 Å². The van der Waals surface area contributed by atoms with Crippen molar-refractivity contribution in [2.75, 3.05) is 0 Å². The second-order valence-electron chi connectivity index (χ2n) is 1.94. The summed E-state index contributed by atoms with van der Waals surface area (Å²) in [6.45, 7) is 0. The van der Waals surface area contributed by atoms with E-state index in [0.717, 1.165) is 5.52 Å². The van der Waals surface area contributed by atoms with E-state index in [4.69, 9.17) is 0 Å². The van der Waals surface area contributed by atoms with E-state index in [1.54, 1.807) is 11.3 Å². The van der Waals surface area contributed by atoms with Gasteiger partial charge in [-0.05, 0) is 40.8 Å². The van der Waals surface area contributed by atoms with Gasteiger partial charge >= 0.3 is 0 Å². The molecule has 0 spiro atoms. The molecule has 0 unspecified atom stereocenters. The lowest BCUT2D eigenvalue weighted by Gasteiger charge is -1.81. The van der Waals surface area contributed by atoms with Crippen LogP contribution in [0.15, 0.2) is 24.4 Å². The normalized spacial score (nSPS) is 10.5. The quantitative estimate of drug-likeness (QED) is 0.664. The Morgan fingerprint density at radius 1 is 1.50 bits per heavy atom. The molecule has 0 aromatic carbocycles. The fraction of sp³-hybridized carbons (Fsp3) is 0. The maximum atomic E-state index is 4.21. The maximum Gasteiger partial charge on any atom is 0.0820 e. The molecule has 2 aromatic rings. The molecule has 0 fully saturated rings. The van der Waals surface area contributed by atoms with E-state index in [9.17, 15) is 0 Å². The van der Waals surface area contributed by atoms with Crippen molar-refractivity contribution >= 4 is 44.1 Å². The summed E-state index contributed by atoms with van der Waals surface area (Å²) < 4.78 is 2.57. The number of hydrogen-bond acceptors (Lipinski definition) is 2. The average molecular weight is 261 g/mol. The zero-order valence-electron chi connectivity index (χ0n) is 5.04. The second-order valence-corrected chi connectivity index (χ2v) is 4.92. The lowest BCUT2D eigenvalue weighted by Crippen LogP contribution is -1.66. The van der Waals surface area contributed by atoms with Crippen LogP contribution in [0.25, 0.3) is 10.2 Å². The predicted molar refractivity (Wildman–Crippen MR) is 52.3 cm³/mol. The third-order valence-corrected chi connectivity index (χ3v) is 3.11. The van der Waals surface area contributed by atoms with E-state index in [2.05, 4.69) is 39.7 Å². The molecule has 0 atom stereocenters. The molecule has 0 aliphatic heterocycles. The van der Waals surface area contributed by atoms with Gasteiger partial charge < -0.3 is 0 Å². The van der Waals surface area contributed by atoms with Crippen molar-refractivity contribution < 1.29 is 0 Å². The Labute approximate surface area is 76.2 Å². The standard InChI is InChI=1S/C7H4INS/c8-7-4-5-6(10-7)2-1-3-9-5/h1-4H. The van der Waals surface area contributed by atoms with Crippen molar-refractivity contribution in [1.29, 1.82) is 0 Å². The molecule has 1 nitrogen and oxygen atoms in total. The van der Waals surface area contributed by atoms with Crippen LogP contribution in [0.2, 0.25) is 0 Å². The molecule has 0 saturated heterocycles. The molecule has 0 amide bonds. The van der Waals surface area contributed by atoms with Gasteiger partial charge in [0, 0.05) is 6.20 Å². The van der Waals surface area contributed by atoms with Crippen LogP contribution in [-0.4, -0.2) is 4.98 Å². The topological polar surface area (TPSA) is 12.9 Å². The summed E-state index contributed by atoms with van der Waals surface area (Å²) in [5.74, 6) is 0. The van der Waals surface area contributed by atoms with Crippen LogP contribution in [0.1, 0.15) is 0 Å². The molecular formula is C7H4INS. The van der Waals surface area contributed by atoms with Gasteiger partial charge in [0.2, 0.25) is 0 Å². The van der Waals surface area contributed by atoms with Crippen molar-refractivity contribution in [2.24, 2.45) is 0 Å². The van der Waals surface area contributed by atoms with Crippen LogP contribution in [0, 0.1) is 2.88 Å². The number of fused-ring (bicyclic) bond motifs is 1. The molecule has 0 bridgehead atoms. The minimum absolute atomic E-state index is 1.11. The third kappa shape index (κ3) is 1.03. The molecule has 2 heterocycles. The summed E-state index contributed by atoms with van der Waals surface area (Å²) >= 11 is 4.09. The number of thiophene rings is 1. The van der Waals surface area contributed by atoms with E-state index >= 15 is 0 Å². The van der Waals surface area contributed by atoms with Crippen LogP contribution in [0.3, 0.4) is 0 Å². The van der Waals surface area contributed by atoms with Crippen LogP contribution in [-0.2, 0) is 0 Å². The van der Waals surface area contributed by atoms with E-state index < -0.39 is 0 Å². The summed E-state index contributed by atoms with van der Waals surface area (Å²) in [6, 6.07) is 6.16. The molecular weight excluding hydrogens is 257 g/mol. The van der Waals surface area contributed by atoms with Gasteiger partial charge in [-0.3, -0.25) is 4.98 Å². The highest BCUT2D eigenvalue weighted by molar-refractivity contribution is 14.1. The molecule has 0 aliphatic rings. The SMILES string of the molecule is Ic1cc2ncccc2s1. The molecule has 0 aliphatic carbocycles. The fourth-order valence-corrected chi connectivity index (χ4v) is 2.59. The number of halogens is 1. The van der Waals surface area contributed by atoms with Crippen LogP contribution in [0.4, 0.5) is 0 Å². The van der Waals surface area contributed by atoms with Gasteiger partial charge in [-0.2, -0.15) is 0 Å². The highest BCUT2D eigenvalue weighted by Crippen LogP contribution is 2.24. The molecule has 0 N–H and O–H groups in total. The fourth-order valence-electron chi connectivity index (χ4n) is 0.839. The number of hydrogen-bond donors (Lipinski definition) is 0. The highest BCUT2D eigenvalue weighted by atomic mass is 127. The predicted octanol–water partition coefficient (Wildman–Crippen LogP) is 2.90.